The van der Waals surface area contributed by atoms with Crippen molar-refractivity contribution in [2.24, 2.45) is 0 Å². The van der Waals surface area contributed by atoms with E-state index in [1.807, 2.05) is 12.1 Å². The van der Waals surface area contributed by atoms with Crippen LogP contribution in [0.1, 0.15) is 53.8 Å². The fraction of sp³-hybridized carbons (Fsp3) is 0.486. The Balaban J connectivity index is 1.07. The molecule has 0 aliphatic carbocycles. The molecular weight excluding hydrogens is 638 g/mol. The summed E-state index contributed by atoms with van der Waals surface area (Å²) in [7, 11) is 0. The van der Waals surface area contributed by atoms with Gasteiger partial charge in [-0.2, -0.15) is 18.4 Å². The van der Waals surface area contributed by atoms with Gasteiger partial charge in [0.1, 0.15) is 28.7 Å². The molecule has 6 rings (SSSR count). The molecule has 2 saturated heterocycles. The molecule has 0 spiro atoms. The standard InChI is InChI=1S/C35H41F3N8OS/c1-3-5-25(42-32(47)21-44-11-4-12-44)10-15-46-27(19-39)16-29-23(2)24(6-7-31(29)46)20-45-13-8-26(9-14-45)43-33-30-17-28(18-35(36,37)38)48-34(30)41-22-40-33/h3,6-7,16-17,22,25-26H,1,4-5,8-15,18,20-21H2,2H3,(H,42,47)(H,40,41,43). The third-order valence-corrected chi connectivity index (χ3v) is 10.5. The van der Waals surface area contributed by atoms with E-state index in [0.29, 0.717) is 47.7 Å². The van der Waals surface area contributed by atoms with E-state index in [0.717, 1.165) is 79.8 Å². The van der Waals surface area contributed by atoms with Crippen LogP contribution in [0.3, 0.4) is 0 Å². The molecule has 1 aromatic carbocycles. The van der Waals surface area contributed by atoms with E-state index in [-0.39, 0.29) is 22.9 Å². The highest BCUT2D eigenvalue weighted by molar-refractivity contribution is 7.18. The summed E-state index contributed by atoms with van der Waals surface area (Å²) in [6.45, 7) is 11.5. The van der Waals surface area contributed by atoms with Crippen LogP contribution in [-0.2, 0) is 24.3 Å². The first-order valence-corrected chi connectivity index (χ1v) is 17.4. The number of likely N-dealkylation sites (tertiary alicyclic amines) is 2. The van der Waals surface area contributed by atoms with Crippen LogP contribution in [0.4, 0.5) is 19.0 Å². The van der Waals surface area contributed by atoms with Gasteiger partial charge in [0.2, 0.25) is 5.91 Å². The molecule has 4 aromatic rings. The molecule has 2 N–H and O–H groups in total. The average Bonchev–Trinajstić information content (AvgIpc) is 3.60. The number of nitriles is 1. The Morgan fingerprint density at radius 3 is 2.65 bits per heavy atom. The minimum Gasteiger partial charge on any atom is -0.367 e. The zero-order chi connectivity index (χ0) is 33.8. The maximum atomic E-state index is 12.9. The van der Waals surface area contributed by atoms with Crippen molar-refractivity contribution in [3.05, 3.63) is 64.9 Å². The van der Waals surface area contributed by atoms with Crippen LogP contribution in [-0.4, -0.2) is 81.2 Å². The lowest BCUT2D eigenvalue weighted by atomic mass is 10.0. The Bertz CT molecular complexity index is 1810. The average molecular weight is 679 g/mol. The molecule has 2 aliphatic rings. The summed E-state index contributed by atoms with van der Waals surface area (Å²) >= 11 is 1.06. The van der Waals surface area contributed by atoms with Crippen molar-refractivity contribution < 1.29 is 18.0 Å². The van der Waals surface area contributed by atoms with Gasteiger partial charge in [0, 0.05) is 54.0 Å². The molecule has 254 valence electrons. The van der Waals surface area contributed by atoms with Crippen molar-refractivity contribution in [2.75, 3.05) is 38.0 Å². The number of hydrogen-bond acceptors (Lipinski definition) is 8. The summed E-state index contributed by atoms with van der Waals surface area (Å²) in [5.41, 5.74) is 4.00. The van der Waals surface area contributed by atoms with Crippen molar-refractivity contribution in [2.45, 2.75) is 76.8 Å². The Morgan fingerprint density at radius 1 is 1.17 bits per heavy atom. The predicted octanol–water partition coefficient (Wildman–Crippen LogP) is 6.16. The van der Waals surface area contributed by atoms with Crippen molar-refractivity contribution in [3.63, 3.8) is 0 Å². The van der Waals surface area contributed by atoms with Gasteiger partial charge in [0.15, 0.2) is 0 Å². The number of aromatic nitrogens is 3. The number of aryl methyl sites for hydroxylation is 2. The fourth-order valence-corrected chi connectivity index (χ4v) is 7.78. The van der Waals surface area contributed by atoms with Gasteiger partial charge in [0.05, 0.1) is 18.4 Å². The number of halogens is 3. The quantitative estimate of drug-likeness (QED) is 0.163. The smallest absolute Gasteiger partial charge is 0.367 e. The van der Waals surface area contributed by atoms with E-state index in [1.165, 1.54) is 11.9 Å². The number of piperidine rings is 1. The number of rotatable bonds is 13. The van der Waals surface area contributed by atoms with Crippen LogP contribution in [0, 0.1) is 18.3 Å². The zero-order valence-corrected chi connectivity index (χ0v) is 28.0. The summed E-state index contributed by atoms with van der Waals surface area (Å²) < 4.78 is 40.9. The Kier molecular flexibility index (Phi) is 10.3. The van der Waals surface area contributed by atoms with Gasteiger partial charge in [0.25, 0.3) is 0 Å². The van der Waals surface area contributed by atoms with Crippen LogP contribution in [0.5, 0.6) is 0 Å². The maximum absolute atomic E-state index is 12.9. The van der Waals surface area contributed by atoms with Gasteiger partial charge in [-0.05, 0) is 81.4 Å². The van der Waals surface area contributed by atoms with Crippen LogP contribution in [0.25, 0.3) is 21.1 Å². The lowest BCUT2D eigenvalue weighted by molar-refractivity contribution is -0.126. The molecular formula is C35H41F3N8OS. The fourth-order valence-electron chi connectivity index (χ4n) is 6.75. The van der Waals surface area contributed by atoms with Gasteiger partial charge in [-0.25, -0.2) is 9.97 Å². The zero-order valence-electron chi connectivity index (χ0n) is 27.2. The normalized spacial score (nSPS) is 16.9. The Hall–Kier alpha value is -3.99. The SMILES string of the molecule is C=CCC(CCn1c(C#N)cc2c(C)c(CN3CCC(Nc4ncnc5sc(CC(F)(F)F)cc45)CC3)ccc21)NC(=O)CN1CCC1. The van der Waals surface area contributed by atoms with E-state index in [4.69, 9.17) is 0 Å². The number of benzene rings is 1. The first-order chi connectivity index (χ1) is 23.1. The second-order valence-electron chi connectivity index (χ2n) is 12.9. The van der Waals surface area contributed by atoms with E-state index >= 15 is 0 Å². The van der Waals surface area contributed by atoms with Gasteiger partial charge >= 0.3 is 6.18 Å². The number of anilines is 1. The largest absolute Gasteiger partial charge is 0.393 e. The minimum absolute atomic E-state index is 0.0342. The van der Waals surface area contributed by atoms with Gasteiger partial charge in [-0.15, -0.1) is 17.9 Å². The molecule has 9 nitrogen and oxygen atoms in total. The summed E-state index contributed by atoms with van der Waals surface area (Å²) in [4.78, 5) is 26.5. The summed E-state index contributed by atoms with van der Waals surface area (Å²) in [6.07, 6.45) is 2.27. The molecule has 5 heterocycles. The van der Waals surface area contributed by atoms with E-state index < -0.39 is 12.6 Å². The highest BCUT2D eigenvalue weighted by Crippen LogP contribution is 2.33. The third kappa shape index (κ3) is 7.99. The van der Waals surface area contributed by atoms with Crippen molar-refractivity contribution >= 4 is 44.2 Å². The molecule has 0 bridgehead atoms. The highest BCUT2D eigenvalue weighted by atomic mass is 32.1. The van der Waals surface area contributed by atoms with Crippen LogP contribution >= 0.6 is 11.3 Å². The van der Waals surface area contributed by atoms with E-state index in [1.54, 1.807) is 6.07 Å². The molecule has 0 radical (unpaired) electrons. The molecule has 1 unspecified atom stereocenters. The van der Waals surface area contributed by atoms with Gasteiger partial charge < -0.3 is 15.2 Å². The van der Waals surface area contributed by atoms with Crippen molar-refractivity contribution in [1.82, 2.24) is 29.7 Å². The number of carbonyl (C=O) groups is 1. The molecule has 0 saturated carbocycles. The number of amides is 1. The van der Waals surface area contributed by atoms with Crippen LogP contribution in [0.2, 0.25) is 0 Å². The molecule has 1 atom stereocenters. The maximum Gasteiger partial charge on any atom is 0.393 e. The number of nitrogens with zero attached hydrogens (tertiary/aromatic N) is 6. The molecule has 2 aliphatic heterocycles. The van der Waals surface area contributed by atoms with Crippen molar-refractivity contribution in [3.8, 4) is 6.07 Å². The second kappa shape index (κ2) is 14.6. The lowest BCUT2D eigenvalue weighted by Gasteiger charge is -2.33. The third-order valence-electron chi connectivity index (χ3n) is 9.49. The van der Waals surface area contributed by atoms with Crippen LogP contribution < -0.4 is 10.6 Å². The van der Waals surface area contributed by atoms with Crippen LogP contribution in [0.15, 0.2) is 43.2 Å². The number of carbonyl (C=O) groups excluding carboxylic acids is 1. The Morgan fingerprint density at radius 2 is 1.96 bits per heavy atom. The number of thiophene rings is 1. The van der Waals surface area contributed by atoms with Crippen molar-refractivity contribution in [1.29, 1.82) is 5.26 Å². The van der Waals surface area contributed by atoms with Gasteiger partial charge in [-0.1, -0.05) is 12.1 Å². The predicted molar refractivity (Wildman–Crippen MR) is 183 cm³/mol. The molecule has 1 amide bonds. The number of hydrogen-bond donors (Lipinski definition) is 2. The lowest BCUT2D eigenvalue weighted by Crippen LogP contribution is -2.47. The number of fused-ring (bicyclic) bond motifs is 2. The molecule has 3 aromatic heterocycles. The topological polar surface area (TPSA) is 102 Å². The molecule has 13 heteroatoms. The number of nitrogens with one attached hydrogen (secondary N) is 2. The second-order valence-corrected chi connectivity index (χ2v) is 14.0. The minimum atomic E-state index is -4.26. The first kappa shape index (κ1) is 33.9. The Labute approximate surface area is 282 Å². The first-order valence-electron chi connectivity index (χ1n) is 16.5. The van der Waals surface area contributed by atoms with E-state index in [2.05, 4.69) is 66.7 Å². The monoisotopic (exact) mass is 678 g/mol. The van der Waals surface area contributed by atoms with Gasteiger partial charge in [-0.3, -0.25) is 14.6 Å². The van der Waals surface area contributed by atoms with E-state index in [9.17, 15) is 23.2 Å². The summed E-state index contributed by atoms with van der Waals surface area (Å²) in [6, 6.07) is 10.3. The summed E-state index contributed by atoms with van der Waals surface area (Å²) in [5.74, 6) is 0.624. The molecule has 2 fully saturated rings. The highest BCUT2D eigenvalue weighted by Gasteiger charge is 2.29. The molecule has 48 heavy (non-hydrogen) atoms. The number of alkyl halides is 3. The summed E-state index contributed by atoms with van der Waals surface area (Å²) in [5, 5.41) is 18.3.